The van der Waals surface area contributed by atoms with Crippen LogP contribution >= 0.6 is 10.0 Å². The number of fused-ring (bicyclic) bond motifs is 3. The molecule has 0 saturated heterocycles. The Hall–Kier alpha value is -4.47. The average molecular weight is 509 g/mol. The monoisotopic (exact) mass is 508 g/mol. The molecule has 0 amide bonds. The second kappa shape index (κ2) is 9.44. The van der Waals surface area contributed by atoms with Crippen molar-refractivity contribution in [2.24, 2.45) is 0 Å². The number of aromatic nitrogens is 1. The van der Waals surface area contributed by atoms with Crippen LogP contribution in [0.2, 0.25) is 0 Å². The third-order valence-corrected chi connectivity index (χ3v) is 11.3. The van der Waals surface area contributed by atoms with Gasteiger partial charge in [-0.3, -0.25) is 0 Å². The van der Waals surface area contributed by atoms with Crippen molar-refractivity contribution in [1.82, 2.24) is 9.88 Å². The first kappa shape index (κ1) is 22.7. The fourth-order valence-electron chi connectivity index (χ4n) is 5.78. The van der Waals surface area contributed by atoms with Crippen LogP contribution in [-0.4, -0.2) is 11.1 Å². The average Bonchev–Trinajstić information content (AvgIpc) is 3.35. The van der Waals surface area contributed by atoms with Gasteiger partial charge in [-0.15, -0.1) is 10.0 Å². The molecule has 3 heteroatoms. The van der Waals surface area contributed by atoms with Crippen LogP contribution in [0.15, 0.2) is 171 Å². The molecule has 2 heterocycles. The highest BCUT2D eigenvalue weighted by Gasteiger charge is 2.37. The molecule has 2 nitrogen and oxygen atoms in total. The molecule has 1 aliphatic heterocycles. The number of benzene rings is 5. The van der Waals surface area contributed by atoms with Crippen molar-refractivity contribution >= 4 is 31.8 Å². The summed E-state index contributed by atoms with van der Waals surface area (Å²) in [5.41, 5.74) is 3.68. The van der Waals surface area contributed by atoms with Crippen LogP contribution in [-0.2, 0) is 0 Å². The normalized spacial score (nSPS) is 13.8. The molecular weight excluding hydrogens is 480 g/mol. The second-order valence-corrected chi connectivity index (χ2v) is 12.5. The fraction of sp³-hybridized carbons (Fsp3) is 0.0286. The van der Waals surface area contributed by atoms with E-state index in [4.69, 9.17) is 0 Å². The minimum atomic E-state index is -1.83. The van der Waals surface area contributed by atoms with Crippen LogP contribution in [0.4, 0.5) is 0 Å². The largest absolute Gasteiger partial charge is 0.387 e. The SMILES string of the molecule is C1=CC(S(c2ccccc2)(c2ccccc2)c2cccc3c4ccccc4n(-c4ccccc4)c23)=CCN1. The van der Waals surface area contributed by atoms with Gasteiger partial charge >= 0.3 is 0 Å². The Balaban J connectivity index is 1.72. The van der Waals surface area contributed by atoms with Crippen molar-refractivity contribution in [1.29, 1.82) is 0 Å². The Morgan fingerprint density at radius 3 is 1.84 bits per heavy atom. The molecule has 0 unspecified atom stereocenters. The van der Waals surface area contributed by atoms with E-state index in [1.54, 1.807) is 0 Å². The molecule has 0 spiro atoms. The van der Waals surface area contributed by atoms with Gasteiger partial charge < -0.3 is 9.88 Å². The minimum absolute atomic E-state index is 0.817. The number of dihydropyridines is 1. The molecule has 0 atom stereocenters. The molecule has 0 fully saturated rings. The maximum absolute atomic E-state index is 3.39. The van der Waals surface area contributed by atoms with E-state index in [1.807, 2.05) is 0 Å². The second-order valence-electron chi connectivity index (χ2n) is 9.43. The van der Waals surface area contributed by atoms with Gasteiger partial charge in [-0.2, -0.15) is 0 Å². The van der Waals surface area contributed by atoms with Crippen molar-refractivity contribution in [2.75, 3.05) is 6.54 Å². The molecular formula is C35H28N2S. The summed E-state index contributed by atoms with van der Waals surface area (Å²) in [6.07, 6.45) is 6.77. The van der Waals surface area contributed by atoms with Crippen LogP contribution in [0.25, 0.3) is 27.5 Å². The van der Waals surface area contributed by atoms with Gasteiger partial charge in [-0.25, -0.2) is 0 Å². The molecule has 1 aliphatic rings. The summed E-state index contributed by atoms with van der Waals surface area (Å²) < 4.78 is 2.47. The fourth-order valence-corrected chi connectivity index (χ4v) is 9.87. The zero-order valence-corrected chi connectivity index (χ0v) is 21.8. The molecule has 6 aromatic rings. The highest BCUT2D eigenvalue weighted by Crippen LogP contribution is 2.75. The number of para-hydroxylation sites is 3. The maximum atomic E-state index is 3.39. The molecule has 5 aromatic carbocycles. The summed E-state index contributed by atoms with van der Waals surface area (Å²) in [5, 5.41) is 5.95. The predicted octanol–water partition coefficient (Wildman–Crippen LogP) is 9.07. The van der Waals surface area contributed by atoms with Gasteiger partial charge in [0.05, 0.1) is 11.0 Å². The van der Waals surface area contributed by atoms with Crippen molar-refractivity contribution in [3.8, 4) is 5.69 Å². The minimum Gasteiger partial charge on any atom is -0.387 e. The van der Waals surface area contributed by atoms with Gasteiger partial charge in [0.1, 0.15) is 0 Å². The lowest BCUT2D eigenvalue weighted by Crippen LogP contribution is -2.14. The van der Waals surface area contributed by atoms with Crippen LogP contribution in [0.1, 0.15) is 0 Å². The van der Waals surface area contributed by atoms with E-state index in [0.29, 0.717) is 0 Å². The highest BCUT2D eigenvalue weighted by molar-refractivity contribution is 8.37. The molecule has 7 rings (SSSR count). The molecule has 184 valence electrons. The highest BCUT2D eigenvalue weighted by atomic mass is 32.3. The Morgan fingerprint density at radius 2 is 1.18 bits per heavy atom. The van der Waals surface area contributed by atoms with Gasteiger partial charge in [0, 0.05) is 42.6 Å². The zero-order chi connectivity index (χ0) is 25.4. The van der Waals surface area contributed by atoms with Gasteiger partial charge in [-0.1, -0.05) is 91.0 Å². The summed E-state index contributed by atoms with van der Waals surface area (Å²) in [6.45, 7) is 0.817. The lowest BCUT2D eigenvalue weighted by Gasteiger charge is -2.44. The topological polar surface area (TPSA) is 17.0 Å². The predicted molar refractivity (Wildman–Crippen MR) is 161 cm³/mol. The van der Waals surface area contributed by atoms with Gasteiger partial charge in [0.2, 0.25) is 0 Å². The Labute approximate surface area is 224 Å². The van der Waals surface area contributed by atoms with Crippen molar-refractivity contribution in [2.45, 2.75) is 14.7 Å². The van der Waals surface area contributed by atoms with Crippen LogP contribution in [0.5, 0.6) is 0 Å². The number of rotatable bonds is 5. The molecule has 1 N–H and O–H groups in total. The number of hydrogen-bond donors (Lipinski definition) is 1. The number of allylic oxidation sites excluding steroid dienone is 1. The summed E-state index contributed by atoms with van der Waals surface area (Å²) in [6, 6.07) is 48.7. The number of hydrogen-bond acceptors (Lipinski definition) is 1. The van der Waals surface area contributed by atoms with Gasteiger partial charge in [-0.05, 0) is 60.8 Å². The van der Waals surface area contributed by atoms with E-state index in [2.05, 4.69) is 162 Å². The molecule has 0 bridgehead atoms. The summed E-state index contributed by atoms with van der Waals surface area (Å²) >= 11 is 0. The first-order chi connectivity index (χ1) is 18.9. The van der Waals surface area contributed by atoms with Crippen molar-refractivity contribution in [3.63, 3.8) is 0 Å². The lowest BCUT2D eigenvalue weighted by atomic mass is 10.1. The summed E-state index contributed by atoms with van der Waals surface area (Å²) in [7, 11) is -1.83. The Morgan fingerprint density at radius 1 is 0.579 bits per heavy atom. The van der Waals surface area contributed by atoms with E-state index in [1.165, 1.54) is 47.1 Å². The van der Waals surface area contributed by atoms with E-state index in [0.717, 1.165) is 6.54 Å². The quantitative estimate of drug-likeness (QED) is 0.246. The van der Waals surface area contributed by atoms with E-state index >= 15 is 0 Å². The molecule has 0 aliphatic carbocycles. The Kier molecular flexibility index (Phi) is 5.64. The smallest absolute Gasteiger partial charge is 0.0671 e. The first-order valence-corrected chi connectivity index (χ1v) is 14.6. The summed E-state index contributed by atoms with van der Waals surface area (Å²) in [5.74, 6) is 0. The molecule has 1 aromatic heterocycles. The standard InChI is InChI=1S/C35H28N2S/c1-4-13-27(14-5-1)37-33-21-11-10-19-31(33)32-20-12-22-34(35(32)37)38(28-15-6-2-7-16-28,29-17-8-3-9-18-29)30-23-25-36-26-24-30/h1-25,36H,26H2. The van der Waals surface area contributed by atoms with Gasteiger partial charge in [0.15, 0.2) is 0 Å². The third-order valence-electron chi connectivity index (χ3n) is 7.34. The van der Waals surface area contributed by atoms with Crippen molar-refractivity contribution in [3.05, 3.63) is 157 Å². The maximum Gasteiger partial charge on any atom is 0.0671 e. The van der Waals surface area contributed by atoms with E-state index in [-0.39, 0.29) is 0 Å². The number of nitrogens with one attached hydrogen (secondary N) is 1. The van der Waals surface area contributed by atoms with Crippen LogP contribution in [0, 0.1) is 0 Å². The van der Waals surface area contributed by atoms with Crippen LogP contribution < -0.4 is 5.32 Å². The molecule has 38 heavy (non-hydrogen) atoms. The lowest BCUT2D eigenvalue weighted by molar-refractivity contribution is 0.968. The molecule has 0 saturated carbocycles. The van der Waals surface area contributed by atoms with Crippen molar-refractivity contribution < 1.29 is 0 Å². The first-order valence-electron chi connectivity index (χ1n) is 13.0. The summed E-state index contributed by atoms with van der Waals surface area (Å²) in [4.78, 5) is 5.37. The van der Waals surface area contributed by atoms with Crippen LogP contribution in [0.3, 0.4) is 0 Å². The van der Waals surface area contributed by atoms with E-state index < -0.39 is 10.0 Å². The third kappa shape index (κ3) is 3.43. The molecule has 0 radical (unpaired) electrons. The van der Waals surface area contributed by atoms with Gasteiger partial charge in [0.25, 0.3) is 0 Å². The number of nitrogens with zero attached hydrogens (tertiary/aromatic N) is 1. The van der Waals surface area contributed by atoms with E-state index in [9.17, 15) is 0 Å². The Bertz CT molecular complexity index is 1760. The zero-order valence-electron chi connectivity index (χ0n) is 21.0.